The number of benzene rings is 2. The monoisotopic (exact) mass is 449 g/mol. The standard InChI is InChI=1S/C27H23N5O2/c1-2-6-23(33)32-21-15-18(21)16-22(32)27-30-24(25-26(28)29-13-14-31(25)27)17-9-11-20(12-10-17)34-19-7-4-3-5-8-19/h3-5,7-14,18,21-22H,15-16H2,1H3,(H2,28,29)/t18?,21?,22-/m0/s1. The number of likely N-dealkylation sites (tertiary alicyclic amines) is 1. The van der Waals surface area contributed by atoms with Crippen LogP contribution in [-0.4, -0.2) is 31.2 Å². The highest BCUT2D eigenvalue weighted by atomic mass is 16.5. The molecule has 2 fully saturated rings. The van der Waals surface area contributed by atoms with Crippen LogP contribution in [0.3, 0.4) is 0 Å². The Bertz CT molecular complexity index is 1450. The summed E-state index contributed by atoms with van der Waals surface area (Å²) in [5, 5.41) is 0. The van der Waals surface area contributed by atoms with Crippen molar-refractivity contribution in [1.82, 2.24) is 19.3 Å². The number of para-hydroxylation sites is 1. The van der Waals surface area contributed by atoms with Crippen molar-refractivity contribution in [2.24, 2.45) is 5.92 Å². The van der Waals surface area contributed by atoms with E-state index in [1.165, 1.54) is 0 Å². The number of hydrogen-bond donors (Lipinski definition) is 1. The molecule has 3 atom stereocenters. The first-order valence-electron chi connectivity index (χ1n) is 11.3. The molecule has 168 valence electrons. The molecule has 7 nitrogen and oxygen atoms in total. The molecule has 2 aromatic carbocycles. The minimum atomic E-state index is -0.139. The van der Waals surface area contributed by atoms with Gasteiger partial charge in [0.05, 0.1) is 6.04 Å². The zero-order valence-electron chi connectivity index (χ0n) is 18.7. The topological polar surface area (TPSA) is 85.8 Å². The predicted molar refractivity (Wildman–Crippen MR) is 129 cm³/mol. The SMILES string of the molecule is CC#CC(=O)N1C2CC2C[C@H]1c1nc(-c2ccc(Oc3ccccc3)cc2)c2c(N)nccn12. The molecule has 7 heteroatoms. The van der Waals surface area contributed by atoms with E-state index >= 15 is 0 Å². The lowest BCUT2D eigenvalue weighted by atomic mass is 10.1. The van der Waals surface area contributed by atoms with Gasteiger partial charge < -0.3 is 15.4 Å². The van der Waals surface area contributed by atoms with Crippen LogP contribution >= 0.6 is 0 Å². The van der Waals surface area contributed by atoms with Gasteiger partial charge in [-0.2, -0.15) is 0 Å². The molecule has 1 saturated heterocycles. The molecule has 0 spiro atoms. The van der Waals surface area contributed by atoms with E-state index in [-0.39, 0.29) is 18.0 Å². The fourth-order valence-corrected chi connectivity index (χ4v) is 4.98. The molecule has 3 heterocycles. The summed E-state index contributed by atoms with van der Waals surface area (Å²) in [5.41, 5.74) is 8.70. The summed E-state index contributed by atoms with van der Waals surface area (Å²) in [6.45, 7) is 1.69. The summed E-state index contributed by atoms with van der Waals surface area (Å²) in [5.74, 6) is 8.54. The highest BCUT2D eigenvalue weighted by Gasteiger charge is 2.55. The van der Waals surface area contributed by atoms with Crippen molar-refractivity contribution < 1.29 is 9.53 Å². The predicted octanol–water partition coefficient (Wildman–Crippen LogP) is 4.46. The fourth-order valence-electron chi connectivity index (χ4n) is 4.98. The van der Waals surface area contributed by atoms with E-state index in [4.69, 9.17) is 15.5 Å². The van der Waals surface area contributed by atoms with Crippen molar-refractivity contribution in [2.45, 2.75) is 31.8 Å². The second-order valence-corrected chi connectivity index (χ2v) is 8.69. The van der Waals surface area contributed by atoms with E-state index < -0.39 is 0 Å². The zero-order chi connectivity index (χ0) is 23.2. The highest BCUT2D eigenvalue weighted by molar-refractivity contribution is 5.94. The number of nitrogen functional groups attached to an aromatic ring is 1. The third kappa shape index (κ3) is 3.35. The molecule has 0 bridgehead atoms. The molecule has 1 amide bonds. The molecule has 1 aliphatic carbocycles. The van der Waals surface area contributed by atoms with Crippen molar-refractivity contribution in [3.05, 3.63) is 72.8 Å². The van der Waals surface area contributed by atoms with Gasteiger partial charge in [0.1, 0.15) is 34.4 Å². The molecular weight excluding hydrogens is 426 g/mol. The Labute approximate surface area is 197 Å². The number of hydrogen-bond acceptors (Lipinski definition) is 5. The summed E-state index contributed by atoms with van der Waals surface area (Å²) in [7, 11) is 0. The Kier molecular flexibility index (Phi) is 4.73. The van der Waals surface area contributed by atoms with Gasteiger partial charge >= 0.3 is 0 Å². The number of nitrogens with zero attached hydrogens (tertiary/aromatic N) is 4. The van der Waals surface area contributed by atoms with Gasteiger partial charge in [0.15, 0.2) is 0 Å². The van der Waals surface area contributed by atoms with Gasteiger partial charge in [-0.3, -0.25) is 9.20 Å². The number of nitrogens with two attached hydrogens (primary N) is 1. The van der Waals surface area contributed by atoms with Crippen molar-refractivity contribution in [1.29, 1.82) is 0 Å². The molecule has 34 heavy (non-hydrogen) atoms. The van der Waals surface area contributed by atoms with Gasteiger partial charge in [-0.05, 0) is 68.0 Å². The molecule has 2 aromatic heterocycles. The first kappa shape index (κ1) is 20.3. The fraction of sp³-hybridized carbons (Fsp3) is 0.222. The molecule has 0 radical (unpaired) electrons. The summed E-state index contributed by atoms with van der Waals surface area (Å²) < 4.78 is 7.90. The molecule has 2 unspecified atom stereocenters. The maximum Gasteiger partial charge on any atom is 0.299 e. The quantitative estimate of drug-likeness (QED) is 0.465. The molecule has 6 rings (SSSR count). The van der Waals surface area contributed by atoms with Gasteiger partial charge in [-0.25, -0.2) is 9.97 Å². The lowest BCUT2D eigenvalue weighted by Crippen LogP contribution is -2.33. The number of carbonyl (C=O) groups excluding carboxylic acids is 1. The number of piperidine rings is 1. The third-order valence-electron chi connectivity index (χ3n) is 6.59. The minimum absolute atomic E-state index is 0.138. The van der Waals surface area contributed by atoms with E-state index in [1.807, 2.05) is 70.1 Å². The van der Waals surface area contributed by atoms with Gasteiger partial charge in [0.25, 0.3) is 5.91 Å². The normalized spacial score (nSPS) is 20.5. The van der Waals surface area contributed by atoms with Crippen molar-refractivity contribution >= 4 is 17.2 Å². The number of imidazole rings is 1. The van der Waals surface area contributed by atoms with Crippen LogP contribution in [0.4, 0.5) is 5.82 Å². The number of aromatic nitrogens is 3. The maximum atomic E-state index is 12.8. The lowest BCUT2D eigenvalue weighted by Gasteiger charge is -2.24. The Hall–Kier alpha value is -4.31. The van der Waals surface area contributed by atoms with Crippen molar-refractivity contribution in [3.8, 4) is 34.6 Å². The van der Waals surface area contributed by atoms with Crippen LogP contribution in [0.15, 0.2) is 67.0 Å². The van der Waals surface area contributed by atoms with Crippen molar-refractivity contribution in [3.63, 3.8) is 0 Å². The number of anilines is 1. The second kappa shape index (κ2) is 7.92. The van der Waals surface area contributed by atoms with Gasteiger partial charge in [-0.15, -0.1) is 0 Å². The number of carbonyl (C=O) groups is 1. The van der Waals surface area contributed by atoms with Crippen LogP contribution in [0.5, 0.6) is 11.5 Å². The molecule has 2 N–H and O–H groups in total. The lowest BCUT2D eigenvalue weighted by molar-refractivity contribution is -0.127. The highest BCUT2D eigenvalue weighted by Crippen LogP contribution is 2.53. The van der Waals surface area contributed by atoms with E-state index in [1.54, 1.807) is 13.1 Å². The summed E-state index contributed by atoms with van der Waals surface area (Å²) >= 11 is 0. The van der Waals surface area contributed by atoms with E-state index in [9.17, 15) is 4.79 Å². The van der Waals surface area contributed by atoms with Crippen LogP contribution < -0.4 is 10.5 Å². The Balaban J connectivity index is 1.40. The smallest absolute Gasteiger partial charge is 0.299 e. The van der Waals surface area contributed by atoms with Gasteiger partial charge in [0.2, 0.25) is 0 Å². The Morgan fingerprint density at radius 3 is 2.62 bits per heavy atom. The Morgan fingerprint density at radius 1 is 1.09 bits per heavy atom. The number of ether oxygens (including phenoxy) is 1. The van der Waals surface area contributed by atoms with E-state index in [0.717, 1.165) is 46.9 Å². The van der Waals surface area contributed by atoms with Gasteiger partial charge in [-0.1, -0.05) is 24.1 Å². The summed E-state index contributed by atoms with van der Waals surface area (Å²) in [6.07, 6.45) is 5.45. The van der Waals surface area contributed by atoms with Gasteiger partial charge in [0, 0.05) is 24.0 Å². The largest absolute Gasteiger partial charge is 0.457 e. The van der Waals surface area contributed by atoms with E-state index in [2.05, 4.69) is 16.8 Å². The molecule has 1 saturated carbocycles. The number of amides is 1. The maximum absolute atomic E-state index is 12.8. The molecular formula is C27H23N5O2. The number of fused-ring (bicyclic) bond motifs is 2. The Morgan fingerprint density at radius 2 is 1.85 bits per heavy atom. The van der Waals surface area contributed by atoms with Crippen molar-refractivity contribution in [2.75, 3.05) is 5.73 Å². The van der Waals surface area contributed by atoms with Crippen LogP contribution in [0.2, 0.25) is 0 Å². The molecule has 4 aromatic rings. The first-order valence-corrected chi connectivity index (χ1v) is 11.3. The number of rotatable bonds is 4. The van der Waals surface area contributed by atoms with Crippen LogP contribution in [0, 0.1) is 17.8 Å². The van der Waals surface area contributed by atoms with Crippen LogP contribution in [0.25, 0.3) is 16.8 Å². The van der Waals surface area contributed by atoms with E-state index in [0.29, 0.717) is 11.7 Å². The molecule has 1 aliphatic heterocycles. The second-order valence-electron chi connectivity index (χ2n) is 8.69. The minimum Gasteiger partial charge on any atom is -0.457 e. The first-order chi connectivity index (χ1) is 16.6. The molecule has 2 aliphatic rings. The average Bonchev–Trinajstić information content (AvgIpc) is 3.33. The summed E-state index contributed by atoms with van der Waals surface area (Å²) in [6, 6.07) is 17.5. The average molecular weight is 450 g/mol. The van der Waals surface area contributed by atoms with Crippen LogP contribution in [-0.2, 0) is 4.79 Å². The zero-order valence-corrected chi connectivity index (χ0v) is 18.7. The van der Waals surface area contributed by atoms with Crippen LogP contribution in [0.1, 0.15) is 31.6 Å². The third-order valence-corrected chi connectivity index (χ3v) is 6.59. The summed E-state index contributed by atoms with van der Waals surface area (Å²) in [4.78, 5) is 24.0.